The van der Waals surface area contributed by atoms with Gasteiger partial charge in [0.2, 0.25) is 0 Å². The second kappa shape index (κ2) is 5.55. The van der Waals surface area contributed by atoms with Gasteiger partial charge in [0.05, 0.1) is 0 Å². The van der Waals surface area contributed by atoms with Crippen molar-refractivity contribution < 1.29 is 14.1 Å². The Bertz CT molecular complexity index is 749. The van der Waals surface area contributed by atoms with Crippen molar-refractivity contribution in [3.8, 4) is 0 Å². The van der Waals surface area contributed by atoms with Gasteiger partial charge in [-0.3, -0.25) is 14.4 Å². The smallest absolute Gasteiger partial charge is 0.280 e. The zero-order valence-corrected chi connectivity index (χ0v) is 11.8. The monoisotopic (exact) mass is 304 g/mol. The first-order chi connectivity index (χ1) is 10.5. The van der Waals surface area contributed by atoms with Crippen LogP contribution in [-0.2, 0) is 0 Å². The van der Waals surface area contributed by atoms with Crippen LogP contribution < -0.4 is 11.3 Å². The Morgan fingerprint density at radius 1 is 1.23 bits per heavy atom. The molecule has 0 atom stereocenters. The van der Waals surface area contributed by atoms with E-state index in [2.05, 4.69) is 10.1 Å². The number of rotatable bonds is 3. The fraction of sp³-hybridized carbons (Fsp3) is 0.357. The quantitative estimate of drug-likeness (QED) is 0.759. The Morgan fingerprint density at radius 2 is 1.91 bits per heavy atom. The average molecular weight is 304 g/mol. The number of likely N-dealkylation sites (tertiary alicyclic amines) is 1. The number of primary amides is 1. The average Bonchev–Trinajstić information content (AvgIpc) is 3.16. The van der Waals surface area contributed by atoms with Crippen molar-refractivity contribution in [3.63, 3.8) is 0 Å². The first-order valence-corrected chi connectivity index (χ1v) is 7.01. The van der Waals surface area contributed by atoms with E-state index < -0.39 is 5.91 Å². The lowest BCUT2D eigenvalue weighted by Gasteiger charge is -2.30. The molecule has 0 aliphatic carbocycles. The number of amides is 2. The summed E-state index contributed by atoms with van der Waals surface area (Å²) in [6.07, 6.45) is 1.44. The largest absolute Gasteiger partial charge is 0.383 e. The van der Waals surface area contributed by atoms with E-state index in [1.807, 2.05) is 0 Å². The van der Waals surface area contributed by atoms with Crippen molar-refractivity contribution in [2.45, 2.75) is 18.8 Å². The van der Waals surface area contributed by atoms with E-state index in [1.165, 1.54) is 12.1 Å². The molecule has 22 heavy (non-hydrogen) atoms. The highest BCUT2D eigenvalue weighted by Crippen LogP contribution is 2.27. The Labute approximate surface area is 125 Å². The van der Waals surface area contributed by atoms with Gasteiger partial charge in [-0.25, -0.2) is 0 Å². The maximum Gasteiger partial charge on any atom is 0.280 e. The SMILES string of the molecule is NC(=O)c1ccc(C(=O)N2CCC(c3cc(=O)[nH]o3)CC2)[nH]1. The molecule has 2 aromatic heterocycles. The first kappa shape index (κ1) is 14.2. The minimum atomic E-state index is -0.597. The van der Waals surface area contributed by atoms with Crippen LogP contribution in [0.3, 0.4) is 0 Å². The minimum absolute atomic E-state index is 0.132. The maximum absolute atomic E-state index is 12.3. The third kappa shape index (κ3) is 2.67. The number of nitrogens with two attached hydrogens (primary N) is 1. The van der Waals surface area contributed by atoms with Crippen molar-refractivity contribution in [1.29, 1.82) is 0 Å². The summed E-state index contributed by atoms with van der Waals surface area (Å²) >= 11 is 0. The van der Waals surface area contributed by atoms with Crippen molar-refractivity contribution in [2.75, 3.05) is 13.1 Å². The standard InChI is InChI=1S/C14H16N4O4/c15-13(20)9-1-2-10(16-9)14(21)18-5-3-8(4-6-18)11-7-12(19)17-22-11/h1-2,7-8,16H,3-6H2,(H2,15,20)(H,17,19). The van der Waals surface area contributed by atoms with Crippen LogP contribution in [0.25, 0.3) is 0 Å². The zero-order chi connectivity index (χ0) is 15.7. The van der Waals surface area contributed by atoms with Crippen molar-refractivity contribution in [2.24, 2.45) is 5.73 Å². The van der Waals surface area contributed by atoms with Gasteiger partial charge in [0.1, 0.15) is 17.1 Å². The van der Waals surface area contributed by atoms with Gasteiger partial charge in [0, 0.05) is 25.1 Å². The third-order valence-corrected chi connectivity index (χ3v) is 3.91. The molecule has 1 saturated heterocycles. The van der Waals surface area contributed by atoms with Gasteiger partial charge in [0.15, 0.2) is 0 Å². The summed E-state index contributed by atoms with van der Waals surface area (Å²) in [5, 5.41) is 2.28. The van der Waals surface area contributed by atoms with E-state index in [0.29, 0.717) is 24.5 Å². The normalized spacial score (nSPS) is 15.9. The fourth-order valence-corrected chi connectivity index (χ4v) is 2.70. The number of hydrogen-bond donors (Lipinski definition) is 3. The van der Waals surface area contributed by atoms with E-state index in [0.717, 1.165) is 12.8 Å². The first-order valence-electron chi connectivity index (χ1n) is 7.01. The number of nitrogens with one attached hydrogen (secondary N) is 2. The summed E-state index contributed by atoms with van der Waals surface area (Å²) in [4.78, 5) is 38.9. The highest BCUT2D eigenvalue weighted by Gasteiger charge is 2.27. The Balaban J connectivity index is 1.64. The number of carbonyl (C=O) groups is 2. The summed E-state index contributed by atoms with van der Waals surface area (Å²) in [6, 6.07) is 4.50. The molecule has 1 aliphatic heterocycles. The van der Waals surface area contributed by atoms with Crippen molar-refractivity contribution in [1.82, 2.24) is 15.0 Å². The van der Waals surface area contributed by atoms with Gasteiger partial charge in [-0.05, 0) is 25.0 Å². The van der Waals surface area contributed by atoms with Gasteiger partial charge in [-0.1, -0.05) is 0 Å². The van der Waals surface area contributed by atoms with Crippen LogP contribution in [0.2, 0.25) is 0 Å². The molecular weight excluding hydrogens is 288 g/mol. The van der Waals surface area contributed by atoms with Crippen LogP contribution in [0.4, 0.5) is 0 Å². The van der Waals surface area contributed by atoms with Gasteiger partial charge in [0.25, 0.3) is 17.4 Å². The molecule has 8 heteroatoms. The van der Waals surface area contributed by atoms with Crippen molar-refractivity contribution in [3.05, 3.63) is 45.7 Å². The lowest BCUT2D eigenvalue weighted by atomic mass is 9.94. The molecule has 0 unspecified atom stereocenters. The molecule has 116 valence electrons. The summed E-state index contributed by atoms with van der Waals surface area (Å²) in [5.41, 5.74) is 5.47. The molecule has 3 rings (SSSR count). The van der Waals surface area contributed by atoms with Crippen LogP contribution in [0, 0.1) is 0 Å². The highest BCUT2D eigenvalue weighted by molar-refractivity contribution is 5.96. The molecule has 0 radical (unpaired) electrons. The Kier molecular flexibility index (Phi) is 3.58. The van der Waals surface area contributed by atoms with Gasteiger partial charge >= 0.3 is 0 Å². The Hall–Kier alpha value is -2.77. The van der Waals surface area contributed by atoms with E-state index in [1.54, 1.807) is 11.0 Å². The molecule has 4 N–H and O–H groups in total. The highest BCUT2D eigenvalue weighted by atomic mass is 16.5. The van der Waals surface area contributed by atoms with Crippen molar-refractivity contribution >= 4 is 11.8 Å². The predicted octanol–water partition coefficient (Wildman–Crippen LogP) is 0.415. The maximum atomic E-state index is 12.3. The number of aromatic amines is 2. The van der Waals surface area contributed by atoms with E-state index in [9.17, 15) is 14.4 Å². The second-order valence-corrected chi connectivity index (χ2v) is 5.33. The van der Waals surface area contributed by atoms with Crippen LogP contribution >= 0.6 is 0 Å². The molecule has 3 heterocycles. The molecule has 0 spiro atoms. The van der Waals surface area contributed by atoms with Gasteiger partial charge < -0.3 is 20.1 Å². The molecule has 2 aromatic rings. The van der Waals surface area contributed by atoms with Crippen LogP contribution in [-0.4, -0.2) is 39.9 Å². The molecular formula is C14H16N4O4. The summed E-state index contributed by atoms with van der Waals surface area (Å²) in [5.74, 6) is 0.00234. The Morgan fingerprint density at radius 3 is 2.45 bits per heavy atom. The number of nitrogens with zero attached hydrogens (tertiary/aromatic N) is 1. The fourth-order valence-electron chi connectivity index (χ4n) is 2.70. The van der Waals surface area contributed by atoms with Gasteiger partial charge in [-0.15, -0.1) is 0 Å². The second-order valence-electron chi connectivity index (χ2n) is 5.33. The lowest BCUT2D eigenvalue weighted by molar-refractivity contribution is 0.0700. The predicted molar refractivity (Wildman–Crippen MR) is 76.5 cm³/mol. The third-order valence-electron chi connectivity index (χ3n) is 3.91. The molecule has 1 fully saturated rings. The molecule has 0 aromatic carbocycles. The number of aromatic nitrogens is 2. The number of H-pyrrole nitrogens is 2. The summed E-state index contributed by atoms with van der Waals surface area (Å²) < 4.78 is 5.12. The summed E-state index contributed by atoms with van der Waals surface area (Å²) in [6.45, 7) is 1.12. The molecule has 1 aliphatic rings. The van der Waals surface area contributed by atoms with Crippen LogP contribution in [0.1, 0.15) is 45.5 Å². The van der Waals surface area contributed by atoms with Gasteiger partial charge in [-0.2, -0.15) is 5.16 Å². The zero-order valence-electron chi connectivity index (χ0n) is 11.8. The number of hydrogen-bond acceptors (Lipinski definition) is 4. The number of carbonyl (C=O) groups excluding carboxylic acids is 2. The van der Waals surface area contributed by atoms with E-state index in [4.69, 9.17) is 10.3 Å². The van der Waals surface area contributed by atoms with Crippen LogP contribution in [0.15, 0.2) is 27.5 Å². The molecule has 0 bridgehead atoms. The topological polar surface area (TPSA) is 125 Å². The van der Waals surface area contributed by atoms with E-state index >= 15 is 0 Å². The molecule has 0 saturated carbocycles. The minimum Gasteiger partial charge on any atom is -0.383 e. The molecule has 2 amide bonds. The summed E-state index contributed by atoms with van der Waals surface area (Å²) in [7, 11) is 0. The molecule has 8 nitrogen and oxygen atoms in total. The number of piperidine rings is 1. The lowest BCUT2D eigenvalue weighted by Crippen LogP contribution is -2.38. The van der Waals surface area contributed by atoms with E-state index in [-0.39, 0.29) is 23.1 Å². The van der Waals surface area contributed by atoms with Crippen LogP contribution in [0.5, 0.6) is 0 Å².